The first-order valence-corrected chi connectivity index (χ1v) is 10.1. The second-order valence-corrected chi connectivity index (χ2v) is 7.30. The smallest absolute Gasteiger partial charge is 0.257 e. The van der Waals surface area contributed by atoms with Crippen LogP contribution in [-0.2, 0) is 11.4 Å². The summed E-state index contributed by atoms with van der Waals surface area (Å²) in [5.41, 5.74) is 1.12. The fraction of sp³-hybridized carbons (Fsp3) is 0.435. The SMILES string of the molecule is CN(CCNC(=O)COc1ccc(OCc2ccccc2)cc1)C1CCCC1. The Labute approximate surface area is 167 Å². The van der Waals surface area contributed by atoms with Gasteiger partial charge in [-0.05, 0) is 49.7 Å². The molecule has 1 amide bonds. The minimum atomic E-state index is -0.0933. The number of carbonyl (C=O) groups is 1. The normalized spacial score (nSPS) is 14.2. The van der Waals surface area contributed by atoms with E-state index in [1.54, 1.807) is 0 Å². The van der Waals surface area contributed by atoms with Gasteiger partial charge >= 0.3 is 0 Å². The summed E-state index contributed by atoms with van der Waals surface area (Å²) in [7, 11) is 2.14. The van der Waals surface area contributed by atoms with Crippen molar-refractivity contribution in [2.45, 2.75) is 38.3 Å². The number of hydrogen-bond donors (Lipinski definition) is 1. The van der Waals surface area contributed by atoms with Crippen LogP contribution in [0.2, 0.25) is 0 Å². The Morgan fingerprint density at radius 2 is 1.64 bits per heavy atom. The van der Waals surface area contributed by atoms with Gasteiger partial charge in [0.05, 0.1) is 0 Å². The van der Waals surface area contributed by atoms with Crippen molar-refractivity contribution in [3.05, 3.63) is 60.2 Å². The van der Waals surface area contributed by atoms with Gasteiger partial charge in [-0.1, -0.05) is 43.2 Å². The second-order valence-electron chi connectivity index (χ2n) is 7.30. The van der Waals surface area contributed by atoms with Gasteiger partial charge in [0.1, 0.15) is 18.1 Å². The summed E-state index contributed by atoms with van der Waals surface area (Å²) in [6, 6.07) is 18.1. The van der Waals surface area contributed by atoms with E-state index >= 15 is 0 Å². The first-order valence-electron chi connectivity index (χ1n) is 10.1. The summed E-state index contributed by atoms with van der Waals surface area (Å²) in [6.45, 7) is 2.08. The maximum atomic E-state index is 12.0. The molecular formula is C23H30N2O3. The molecule has 1 fully saturated rings. The number of likely N-dealkylation sites (N-methyl/N-ethyl adjacent to an activating group) is 1. The molecule has 2 aromatic carbocycles. The zero-order valence-electron chi connectivity index (χ0n) is 16.6. The summed E-state index contributed by atoms with van der Waals surface area (Å²) >= 11 is 0. The predicted molar refractivity (Wildman–Crippen MR) is 111 cm³/mol. The van der Waals surface area contributed by atoms with Crippen molar-refractivity contribution >= 4 is 5.91 Å². The Kier molecular flexibility index (Phi) is 7.73. The van der Waals surface area contributed by atoms with Crippen molar-refractivity contribution < 1.29 is 14.3 Å². The standard InChI is InChI=1S/C23H30N2O3/c1-25(20-9-5-6-10-20)16-15-24-23(26)18-28-22-13-11-21(12-14-22)27-17-19-7-3-2-4-8-19/h2-4,7-8,11-14,20H,5-6,9-10,15-18H2,1H3,(H,24,26). The molecule has 0 heterocycles. The highest BCUT2D eigenvalue weighted by molar-refractivity contribution is 5.77. The minimum Gasteiger partial charge on any atom is -0.489 e. The number of carbonyl (C=O) groups excluding carboxylic acids is 1. The summed E-state index contributed by atoms with van der Waals surface area (Å²) in [4.78, 5) is 14.3. The van der Waals surface area contributed by atoms with Gasteiger partial charge in [-0.25, -0.2) is 0 Å². The van der Waals surface area contributed by atoms with Crippen molar-refractivity contribution in [2.24, 2.45) is 0 Å². The van der Waals surface area contributed by atoms with Gasteiger partial charge in [0, 0.05) is 19.1 Å². The summed E-state index contributed by atoms with van der Waals surface area (Å²) in [6.07, 6.45) is 5.20. The van der Waals surface area contributed by atoms with Crippen molar-refractivity contribution in [3.63, 3.8) is 0 Å². The molecule has 5 heteroatoms. The van der Waals surface area contributed by atoms with Crippen LogP contribution in [0.25, 0.3) is 0 Å². The number of amides is 1. The molecule has 1 aliphatic carbocycles. The largest absolute Gasteiger partial charge is 0.489 e. The molecule has 2 aromatic rings. The van der Waals surface area contributed by atoms with Crippen molar-refractivity contribution in [3.8, 4) is 11.5 Å². The third-order valence-corrected chi connectivity index (χ3v) is 5.18. The van der Waals surface area contributed by atoms with Gasteiger partial charge in [-0.3, -0.25) is 4.79 Å². The highest BCUT2D eigenvalue weighted by atomic mass is 16.5. The van der Waals surface area contributed by atoms with E-state index in [9.17, 15) is 4.79 Å². The highest BCUT2D eigenvalue weighted by Gasteiger charge is 2.18. The lowest BCUT2D eigenvalue weighted by molar-refractivity contribution is -0.123. The quantitative estimate of drug-likeness (QED) is 0.682. The van der Waals surface area contributed by atoms with Crippen LogP contribution in [0.3, 0.4) is 0 Å². The van der Waals surface area contributed by atoms with Crippen LogP contribution in [-0.4, -0.2) is 43.6 Å². The van der Waals surface area contributed by atoms with E-state index in [0.717, 1.165) is 17.9 Å². The Morgan fingerprint density at radius 1 is 1.00 bits per heavy atom. The maximum absolute atomic E-state index is 12.0. The molecular weight excluding hydrogens is 352 g/mol. The average molecular weight is 383 g/mol. The van der Waals surface area contributed by atoms with E-state index in [2.05, 4.69) is 17.3 Å². The molecule has 0 aliphatic heterocycles. The van der Waals surface area contributed by atoms with Gasteiger partial charge in [0.2, 0.25) is 0 Å². The van der Waals surface area contributed by atoms with Crippen molar-refractivity contribution in [1.82, 2.24) is 10.2 Å². The fourth-order valence-corrected chi connectivity index (χ4v) is 3.47. The molecule has 0 saturated heterocycles. The Morgan fingerprint density at radius 3 is 2.32 bits per heavy atom. The van der Waals surface area contributed by atoms with Crippen LogP contribution in [0.1, 0.15) is 31.2 Å². The van der Waals surface area contributed by atoms with Gasteiger partial charge < -0.3 is 19.7 Å². The van der Waals surface area contributed by atoms with Crippen LogP contribution >= 0.6 is 0 Å². The zero-order valence-corrected chi connectivity index (χ0v) is 16.6. The van der Waals surface area contributed by atoms with Gasteiger partial charge in [0.25, 0.3) is 5.91 Å². The number of nitrogens with one attached hydrogen (secondary N) is 1. The molecule has 0 bridgehead atoms. The lowest BCUT2D eigenvalue weighted by atomic mass is 10.2. The summed E-state index contributed by atoms with van der Waals surface area (Å²) in [5, 5.41) is 2.93. The lowest BCUT2D eigenvalue weighted by Crippen LogP contribution is -2.38. The van der Waals surface area contributed by atoms with E-state index in [1.807, 2.05) is 54.6 Å². The molecule has 1 saturated carbocycles. The van der Waals surface area contributed by atoms with Crippen LogP contribution in [0.4, 0.5) is 0 Å². The second kappa shape index (κ2) is 10.7. The number of rotatable bonds is 10. The Balaban J connectivity index is 1.32. The first kappa shape index (κ1) is 20.2. The average Bonchev–Trinajstić information content (AvgIpc) is 3.27. The third-order valence-electron chi connectivity index (χ3n) is 5.18. The number of hydrogen-bond acceptors (Lipinski definition) is 4. The zero-order chi connectivity index (χ0) is 19.6. The molecule has 0 radical (unpaired) electrons. The fourth-order valence-electron chi connectivity index (χ4n) is 3.47. The molecule has 1 N–H and O–H groups in total. The van der Waals surface area contributed by atoms with Crippen LogP contribution in [0.15, 0.2) is 54.6 Å². The Hall–Kier alpha value is -2.53. The highest BCUT2D eigenvalue weighted by Crippen LogP contribution is 2.22. The minimum absolute atomic E-state index is 0.0252. The molecule has 0 aromatic heterocycles. The number of benzene rings is 2. The Bertz CT molecular complexity index is 712. The molecule has 0 atom stereocenters. The van der Waals surface area contributed by atoms with Crippen molar-refractivity contribution in [1.29, 1.82) is 0 Å². The van der Waals surface area contributed by atoms with Crippen LogP contribution in [0.5, 0.6) is 11.5 Å². The maximum Gasteiger partial charge on any atom is 0.257 e. The van der Waals surface area contributed by atoms with Crippen LogP contribution in [0, 0.1) is 0 Å². The predicted octanol–water partition coefficient (Wildman–Crippen LogP) is 3.64. The summed E-state index contributed by atoms with van der Waals surface area (Å²) in [5.74, 6) is 1.34. The first-order chi connectivity index (χ1) is 13.7. The monoisotopic (exact) mass is 382 g/mol. The van der Waals surface area contributed by atoms with E-state index in [4.69, 9.17) is 9.47 Å². The van der Waals surface area contributed by atoms with Crippen molar-refractivity contribution in [2.75, 3.05) is 26.7 Å². The molecule has 5 nitrogen and oxygen atoms in total. The van der Waals surface area contributed by atoms with E-state index in [1.165, 1.54) is 25.7 Å². The topological polar surface area (TPSA) is 50.8 Å². The van der Waals surface area contributed by atoms with E-state index in [0.29, 0.717) is 24.9 Å². The molecule has 150 valence electrons. The third kappa shape index (κ3) is 6.57. The summed E-state index contributed by atoms with van der Waals surface area (Å²) < 4.78 is 11.3. The van der Waals surface area contributed by atoms with Gasteiger partial charge in [0.15, 0.2) is 6.61 Å². The molecule has 3 rings (SSSR count). The van der Waals surface area contributed by atoms with Crippen LogP contribution < -0.4 is 14.8 Å². The lowest BCUT2D eigenvalue weighted by Gasteiger charge is -2.23. The van der Waals surface area contributed by atoms with Gasteiger partial charge in [-0.2, -0.15) is 0 Å². The molecule has 28 heavy (non-hydrogen) atoms. The molecule has 0 spiro atoms. The molecule has 1 aliphatic rings. The van der Waals surface area contributed by atoms with E-state index in [-0.39, 0.29) is 12.5 Å². The number of nitrogens with zero attached hydrogens (tertiary/aromatic N) is 1. The molecule has 0 unspecified atom stereocenters. The van der Waals surface area contributed by atoms with E-state index < -0.39 is 0 Å². The van der Waals surface area contributed by atoms with Gasteiger partial charge in [-0.15, -0.1) is 0 Å². The number of ether oxygens (including phenoxy) is 2.